The van der Waals surface area contributed by atoms with E-state index in [0.29, 0.717) is 6.54 Å². The van der Waals surface area contributed by atoms with E-state index in [2.05, 4.69) is 11.9 Å². The Balaban J connectivity index is 1.71. The molecule has 0 bridgehead atoms. The Labute approximate surface area is 127 Å². The van der Waals surface area contributed by atoms with Crippen molar-refractivity contribution in [3.63, 3.8) is 0 Å². The van der Waals surface area contributed by atoms with Crippen molar-refractivity contribution >= 4 is 0 Å². The van der Waals surface area contributed by atoms with Gasteiger partial charge < -0.3 is 5.73 Å². The number of benzene rings is 1. The minimum absolute atomic E-state index is 0.109. The van der Waals surface area contributed by atoms with Gasteiger partial charge in [-0.05, 0) is 62.3 Å². The molecular weight excluding hydrogens is 263 g/mol. The SMILES string of the molecule is CN(Cc1cccc(F)c1)C1(CN)CCCC(C2CC2)C1. The van der Waals surface area contributed by atoms with Crippen molar-refractivity contribution in [2.24, 2.45) is 17.6 Å². The predicted molar refractivity (Wildman–Crippen MR) is 84.3 cm³/mol. The summed E-state index contributed by atoms with van der Waals surface area (Å²) < 4.78 is 13.4. The highest BCUT2D eigenvalue weighted by molar-refractivity contribution is 5.17. The maximum atomic E-state index is 13.4. The Morgan fingerprint density at radius 3 is 2.76 bits per heavy atom. The Hall–Kier alpha value is -0.930. The third kappa shape index (κ3) is 3.29. The van der Waals surface area contributed by atoms with Gasteiger partial charge in [-0.3, -0.25) is 4.90 Å². The molecule has 3 rings (SSSR count). The fourth-order valence-corrected chi connectivity index (χ4v) is 4.12. The molecule has 2 N–H and O–H groups in total. The maximum absolute atomic E-state index is 13.4. The van der Waals surface area contributed by atoms with E-state index in [1.54, 1.807) is 12.1 Å². The first kappa shape index (κ1) is 15.0. The summed E-state index contributed by atoms with van der Waals surface area (Å²) in [6.45, 7) is 1.49. The summed E-state index contributed by atoms with van der Waals surface area (Å²) in [5, 5.41) is 0. The third-order valence-electron chi connectivity index (χ3n) is 5.65. The highest BCUT2D eigenvalue weighted by Crippen LogP contribution is 2.47. The van der Waals surface area contributed by atoms with E-state index < -0.39 is 0 Å². The van der Waals surface area contributed by atoms with E-state index in [-0.39, 0.29) is 11.4 Å². The molecule has 0 spiro atoms. The fourth-order valence-electron chi connectivity index (χ4n) is 4.12. The Morgan fingerprint density at radius 2 is 2.10 bits per heavy atom. The van der Waals surface area contributed by atoms with Gasteiger partial charge >= 0.3 is 0 Å². The van der Waals surface area contributed by atoms with Gasteiger partial charge in [-0.15, -0.1) is 0 Å². The van der Waals surface area contributed by atoms with Gasteiger partial charge in [0.25, 0.3) is 0 Å². The van der Waals surface area contributed by atoms with Crippen molar-refractivity contribution in [1.29, 1.82) is 0 Å². The first-order valence-electron chi connectivity index (χ1n) is 8.29. The van der Waals surface area contributed by atoms with Crippen LogP contribution in [0, 0.1) is 17.7 Å². The van der Waals surface area contributed by atoms with Gasteiger partial charge in [-0.25, -0.2) is 4.39 Å². The van der Waals surface area contributed by atoms with Crippen molar-refractivity contribution < 1.29 is 4.39 Å². The number of hydrogen-bond acceptors (Lipinski definition) is 2. The second-order valence-electron chi connectivity index (χ2n) is 7.11. The predicted octanol–water partition coefficient (Wildman–Crippen LogP) is 3.56. The second-order valence-corrected chi connectivity index (χ2v) is 7.11. The third-order valence-corrected chi connectivity index (χ3v) is 5.65. The molecule has 2 atom stereocenters. The van der Waals surface area contributed by atoms with Gasteiger partial charge in [0.05, 0.1) is 0 Å². The van der Waals surface area contributed by atoms with Crippen molar-refractivity contribution in [3.8, 4) is 0 Å². The molecule has 2 fully saturated rings. The summed E-state index contributed by atoms with van der Waals surface area (Å²) >= 11 is 0. The summed E-state index contributed by atoms with van der Waals surface area (Å²) in [4.78, 5) is 2.39. The van der Waals surface area contributed by atoms with Crippen LogP contribution in [0.25, 0.3) is 0 Å². The van der Waals surface area contributed by atoms with E-state index in [1.165, 1.54) is 44.6 Å². The van der Waals surface area contributed by atoms with Crippen LogP contribution >= 0.6 is 0 Å². The Bertz CT molecular complexity index is 486. The summed E-state index contributed by atoms with van der Waals surface area (Å²) in [5.74, 6) is 1.67. The highest BCUT2D eigenvalue weighted by atomic mass is 19.1. The van der Waals surface area contributed by atoms with Gasteiger partial charge in [-0.1, -0.05) is 25.0 Å². The van der Waals surface area contributed by atoms with E-state index in [9.17, 15) is 4.39 Å². The molecule has 2 unspecified atom stereocenters. The quantitative estimate of drug-likeness (QED) is 0.898. The molecule has 2 nitrogen and oxygen atoms in total. The normalized spacial score (nSPS) is 29.8. The van der Waals surface area contributed by atoms with Gasteiger partial charge in [0.15, 0.2) is 0 Å². The molecule has 0 heterocycles. The minimum atomic E-state index is -0.151. The van der Waals surface area contributed by atoms with E-state index in [0.717, 1.165) is 23.9 Å². The first-order chi connectivity index (χ1) is 10.1. The van der Waals surface area contributed by atoms with Crippen molar-refractivity contribution in [1.82, 2.24) is 4.90 Å². The zero-order valence-corrected chi connectivity index (χ0v) is 13.0. The fraction of sp³-hybridized carbons (Fsp3) is 0.667. The van der Waals surface area contributed by atoms with Crippen LogP contribution in [-0.4, -0.2) is 24.0 Å². The molecule has 3 heteroatoms. The van der Waals surface area contributed by atoms with Gasteiger partial charge in [-0.2, -0.15) is 0 Å². The average Bonchev–Trinajstić information content (AvgIpc) is 3.32. The molecule has 116 valence electrons. The van der Waals surface area contributed by atoms with Crippen LogP contribution in [0.3, 0.4) is 0 Å². The lowest BCUT2D eigenvalue weighted by Crippen LogP contribution is -2.54. The number of halogens is 1. The Kier molecular flexibility index (Phi) is 4.32. The smallest absolute Gasteiger partial charge is 0.123 e. The van der Waals surface area contributed by atoms with Gasteiger partial charge in [0.2, 0.25) is 0 Å². The van der Waals surface area contributed by atoms with Crippen LogP contribution < -0.4 is 5.73 Å². The average molecular weight is 290 g/mol. The molecule has 1 aromatic rings. The molecule has 0 aliphatic heterocycles. The van der Waals surface area contributed by atoms with Crippen molar-refractivity contribution in [2.75, 3.05) is 13.6 Å². The summed E-state index contributed by atoms with van der Waals surface area (Å²) in [5.41, 5.74) is 7.34. The lowest BCUT2D eigenvalue weighted by atomic mass is 9.73. The van der Waals surface area contributed by atoms with E-state index in [4.69, 9.17) is 5.73 Å². The maximum Gasteiger partial charge on any atom is 0.123 e. The van der Waals surface area contributed by atoms with Gasteiger partial charge in [0.1, 0.15) is 5.82 Å². The first-order valence-corrected chi connectivity index (χ1v) is 8.29. The molecule has 21 heavy (non-hydrogen) atoms. The molecule has 2 aliphatic carbocycles. The molecule has 0 aromatic heterocycles. The van der Waals surface area contributed by atoms with Crippen molar-refractivity contribution in [2.45, 2.75) is 50.6 Å². The number of hydrogen-bond donors (Lipinski definition) is 1. The molecular formula is C18H27FN2. The lowest BCUT2D eigenvalue weighted by Gasteiger charge is -2.47. The van der Waals surface area contributed by atoms with Crippen LogP contribution in [-0.2, 0) is 6.54 Å². The highest BCUT2D eigenvalue weighted by Gasteiger charge is 2.43. The van der Waals surface area contributed by atoms with Crippen LogP contribution in [0.1, 0.15) is 44.1 Å². The Morgan fingerprint density at radius 1 is 1.29 bits per heavy atom. The minimum Gasteiger partial charge on any atom is -0.329 e. The molecule has 1 aromatic carbocycles. The van der Waals surface area contributed by atoms with Crippen molar-refractivity contribution in [3.05, 3.63) is 35.6 Å². The largest absolute Gasteiger partial charge is 0.329 e. The molecule has 0 amide bonds. The van der Waals surface area contributed by atoms with Crippen LogP contribution in [0.15, 0.2) is 24.3 Å². The van der Waals surface area contributed by atoms with Gasteiger partial charge in [0, 0.05) is 18.6 Å². The number of nitrogens with zero attached hydrogens (tertiary/aromatic N) is 1. The zero-order valence-electron chi connectivity index (χ0n) is 13.0. The van der Waals surface area contributed by atoms with Crippen LogP contribution in [0.5, 0.6) is 0 Å². The van der Waals surface area contributed by atoms with E-state index in [1.807, 2.05) is 6.07 Å². The lowest BCUT2D eigenvalue weighted by molar-refractivity contribution is 0.0458. The molecule has 2 saturated carbocycles. The van der Waals surface area contributed by atoms with Crippen LogP contribution in [0.2, 0.25) is 0 Å². The summed E-state index contributed by atoms with van der Waals surface area (Å²) in [6, 6.07) is 6.94. The summed E-state index contributed by atoms with van der Waals surface area (Å²) in [6.07, 6.45) is 7.89. The molecule has 0 saturated heterocycles. The van der Waals surface area contributed by atoms with Crippen LogP contribution in [0.4, 0.5) is 4.39 Å². The number of rotatable bonds is 5. The molecule has 0 radical (unpaired) electrons. The standard InChI is InChI=1S/C18H27FN2/c1-21(12-14-4-2-6-17(19)10-14)18(13-20)9-3-5-16(11-18)15-7-8-15/h2,4,6,10,15-16H,3,5,7-9,11-13,20H2,1H3. The summed E-state index contributed by atoms with van der Waals surface area (Å²) in [7, 11) is 2.16. The topological polar surface area (TPSA) is 29.3 Å². The monoisotopic (exact) mass is 290 g/mol. The van der Waals surface area contributed by atoms with E-state index >= 15 is 0 Å². The second kappa shape index (κ2) is 6.05. The number of likely N-dealkylation sites (N-methyl/N-ethyl adjacent to an activating group) is 1. The number of nitrogens with two attached hydrogens (primary N) is 1. The zero-order chi connectivity index (χ0) is 14.9. The molecule has 2 aliphatic rings.